The van der Waals surface area contributed by atoms with Crippen molar-refractivity contribution in [3.63, 3.8) is 0 Å². The van der Waals surface area contributed by atoms with Gasteiger partial charge in [0.05, 0.1) is 0 Å². The fraction of sp³-hybridized carbons (Fsp3) is 0.647. The molecule has 1 fully saturated rings. The average molecular weight is 260 g/mol. The molecule has 1 unspecified atom stereocenters. The molecule has 0 amide bonds. The zero-order valence-corrected chi connectivity index (χ0v) is 13.1. The smallest absolute Gasteiger partial charge is 0.0281 e. The van der Waals surface area contributed by atoms with E-state index in [1.54, 1.807) is 0 Å². The molecule has 1 aliphatic heterocycles. The summed E-state index contributed by atoms with van der Waals surface area (Å²) in [5.41, 5.74) is 4.58. The zero-order chi connectivity index (χ0) is 14.0. The summed E-state index contributed by atoms with van der Waals surface area (Å²) in [5.74, 6) is 0. The van der Waals surface area contributed by atoms with Gasteiger partial charge in [-0.05, 0) is 50.8 Å². The number of benzene rings is 1. The quantitative estimate of drug-likeness (QED) is 0.897. The third-order valence-corrected chi connectivity index (χ3v) is 4.61. The molecule has 0 bridgehead atoms. The Hall–Kier alpha value is -0.860. The van der Waals surface area contributed by atoms with Crippen LogP contribution in [-0.2, 0) is 6.54 Å². The highest BCUT2D eigenvalue weighted by atomic mass is 15.3. The molecular weight excluding hydrogens is 232 g/mol. The molecule has 0 radical (unpaired) electrons. The molecule has 0 spiro atoms. The Bertz CT molecular complexity index is 417. The minimum Gasteiger partial charge on any atom is -0.311 e. The highest BCUT2D eigenvalue weighted by molar-refractivity contribution is 5.33. The monoisotopic (exact) mass is 260 g/mol. The second-order valence-corrected chi connectivity index (χ2v) is 6.55. The fourth-order valence-corrected chi connectivity index (χ4v) is 2.92. The summed E-state index contributed by atoms with van der Waals surface area (Å²) in [6.45, 7) is 14.7. The second-order valence-electron chi connectivity index (χ2n) is 6.55. The molecule has 2 nitrogen and oxygen atoms in total. The maximum absolute atomic E-state index is 3.66. The van der Waals surface area contributed by atoms with Crippen molar-refractivity contribution in [1.29, 1.82) is 0 Å². The lowest BCUT2D eigenvalue weighted by molar-refractivity contribution is 0.0573. The molecule has 1 aromatic rings. The van der Waals surface area contributed by atoms with Crippen molar-refractivity contribution in [2.24, 2.45) is 0 Å². The predicted molar refractivity (Wildman–Crippen MR) is 82.5 cm³/mol. The summed E-state index contributed by atoms with van der Waals surface area (Å²) in [6, 6.07) is 7.26. The topological polar surface area (TPSA) is 15.3 Å². The second kappa shape index (κ2) is 5.64. The molecule has 2 rings (SSSR count). The van der Waals surface area contributed by atoms with E-state index in [0.717, 1.165) is 19.6 Å². The van der Waals surface area contributed by atoms with Crippen LogP contribution in [0, 0.1) is 13.8 Å². The van der Waals surface area contributed by atoms with E-state index in [2.05, 4.69) is 63.0 Å². The van der Waals surface area contributed by atoms with Crippen molar-refractivity contribution in [2.75, 3.05) is 13.1 Å². The van der Waals surface area contributed by atoms with Crippen molar-refractivity contribution in [1.82, 2.24) is 10.2 Å². The van der Waals surface area contributed by atoms with Crippen LogP contribution in [0.5, 0.6) is 0 Å². The molecule has 0 aliphatic carbocycles. The number of rotatable bonds is 3. The Morgan fingerprint density at radius 1 is 1.26 bits per heavy atom. The van der Waals surface area contributed by atoms with Gasteiger partial charge in [0.2, 0.25) is 0 Å². The van der Waals surface area contributed by atoms with Crippen LogP contribution in [0.25, 0.3) is 0 Å². The number of nitrogens with zero attached hydrogens (tertiary/aromatic N) is 1. The van der Waals surface area contributed by atoms with Crippen LogP contribution in [0.3, 0.4) is 0 Å². The summed E-state index contributed by atoms with van der Waals surface area (Å²) in [6.07, 6.45) is 1.21. The van der Waals surface area contributed by atoms with Crippen molar-refractivity contribution in [2.45, 2.75) is 59.2 Å². The van der Waals surface area contributed by atoms with Gasteiger partial charge in [0.25, 0.3) is 0 Å². The molecule has 1 N–H and O–H groups in total. The third-order valence-electron chi connectivity index (χ3n) is 4.61. The Kier molecular flexibility index (Phi) is 4.32. The molecule has 19 heavy (non-hydrogen) atoms. The lowest BCUT2D eigenvalue weighted by Crippen LogP contribution is -2.61. The molecule has 106 valence electrons. The van der Waals surface area contributed by atoms with E-state index in [4.69, 9.17) is 0 Å². The van der Waals surface area contributed by atoms with Gasteiger partial charge >= 0.3 is 0 Å². The lowest BCUT2D eigenvalue weighted by atomic mass is 9.94. The van der Waals surface area contributed by atoms with E-state index >= 15 is 0 Å². The van der Waals surface area contributed by atoms with Gasteiger partial charge in [0.1, 0.15) is 0 Å². The largest absolute Gasteiger partial charge is 0.311 e. The molecule has 1 heterocycles. The number of hydrogen-bond acceptors (Lipinski definition) is 2. The predicted octanol–water partition coefficient (Wildman–Crippen LogP) is 3.27. The number of aryl methyl sites for hydroxylation is 2. The summed E-state index contributed by atoms with van der Waals surface area (Å²) in [5, 5.41) is 3.66. The van der Waals surface area contributed by atoms with E-state index in [1.165, 1.54) is 23.1 Å². The van der Waals surface area contributed by atoms with Crippen molar-refractivity contribution in [3.05, 3.63) is 34.9 Å². The first-order valence-electron chi connectivity index (χ1n) is 7.47. The van der Waals surface area contributed by atoms with Crippen LogP contribution in [0.2, 0.25) is 0 Å². The summed E-state index contributed by atoms with van der Waals surface area (Å²) in [4.78, 5) is 2.65. The van der Waals surface area contributed by atoms with Crippen LogP contribution in [-0.4, -0.2) is 29.6 Å². The van der Waals surface area contributed by atoms with E-state index in [9.17, 15) is 0 Å². The molecule has 0 saturated carbocycles. The molecule has 1 saturated heterocycles. The van der Waals surface area contributed by atoms with Crippen LogP contribution < -0.4 is 5.32 Å². The van der Waals surface area contributed by atoms with Crippen LogP contribution in [0.4, 0.5) is 0 Å². The molecular formula is C17H28N2. The standard InChI is InChI=1S/C17H28N2/c1-6-15-10-19(17(4,5)12-18-15)11-16-13(2)8-7-9-14(16)3/h7-9,15,18H,6,10-12H2,1-5H3. The number of nitrogens with one attached hydrogen (secondary N) is 1. The van der Waals surface area contributed by atoms with Crippen molar-refractivity contribution >= 4 is 0 Å². The van der Waals surface area contributed by atoms with Gasteiger partial charge in [0, 0.05) is 31.2 Å². The van der Waals surface area contributed by atoms with Crippen LogP contribution in [0.15, 0.2) is 18.2 Å². The molecule has 1 aliphatic rings. The minimum absolute atomic E-state index is 0.236. The lowest BCUT2D eigenvalue weighted by Gasteiger charge is -2.46. The van der Waals surface area contributed by atoms with Gasteiger partial charge in [0.15, 0.2) is 0 Å². The third kappa shape index (κ3) is 3.18. The minimum atomic E-state index is 0.236. The van der Waals surface area contributed by atoms with Gasteiger partial charge in [-0.1, -0.05) is 25.1 Å². The van der Waals surface area contributed by atoms with E-state index in [1.807, 2.05) is 0 Å². The summed E-state index contributed by atoms with van der Waals surface area (Å²) < 4.78 is 0. The Labute approximate surface area is 118 Å². The van der Waals surface area contributed by atoms with Gasteiger partial charge in [-0.15, -0.1) is 0 Å². The van der Waals surface area contributed by atoms with Crippen LogP contribution >= 0.6 is 0 Å². The molecule has 1 atom stereocenters. The molecule has 1 aromatic carbocycles. The number of hydrogen-bond donors (Lipinski definition) is 1. The first-order valence-corrected chi connectivity index (χ1v) is 7.47. The molecule has 0 aromatic heterocycles. The maximum Gasteiger partial charge on any atom is 0.0281 e. The highest BCUT2D eigenvalue weighted by Gasteiger charge is 2.33. The SMILES string of the molecule is CCC1CN(Cc2c(C)cccc2C)C(C)(C)CN1. The van der Waals surface area contributed by atoms with E-state index in [0.29, 0.717) is 6.04 Å². The first-order chi connectivity index (χ1) is 8.94. The van der Waals surface area contributed by atoms with Crippen LogP contribution in [0.1, 0.15) is 43.9 Å². The van der Waals surface area contributed by atoms with Crippen molar-refractivity contribution < 1.29 is 0 Å². The molecule has 2 heteroatoms. The van der Waals surface area contributed by atoms with Gasteiger partial charge in [-0.25, -0.2) is 0 Å². The normalized spacial score (nSPS) is 23.5. The summed E-state index contributed by atoms with van der Waals surface area (Å²) in [7, 11) is 0. The zero-order valence-electron chi connectivity index (χ0n) is 13.1. The summed E-state index contributed by atoms with van der Waals surface area (Å²) >= 11 is 0. The fourth-order valence-electron chi connectivity index (χ4n) is 2.92. The van der Waals surface area contributed by atoms with Gasteiger partial charge < -0.3 is 5.32 Å². The van der Waals surface area contributed by atoms with Gasteiger partial charge in [-0.2, -0.15) is 0 Å². The Morgan fingerprint density at radius 2 is 1.89 bits per heavy atom. The average Bonchev–Trinajstić information content (AvgIpc) is 2.35. The van der Waals surface area contributed by atoms with E-state index in [-0.39, 0.29) is 5.54 Å². The van der Waals surface area contributed by atoms with Crippen molar-refractivity contribution in [3.8, 4) is 0 Å². The number of piperazine rings is 1. The van der Waals surface area contributed by atoms with E-state index < -0.39 is 0 Å². The Morgan fingerprint density at radius 3 is 2.47 bits per heavy atom. The first kappa shape index (κ1) is 14.5. The van der Waals surface area contributed by atoms with Gasteiger partial charge in [-0.3, -0.25) is 4.90 Å². The maximum atomic E-state index is 3.66. The Balaban J connectivity index is 2.20. The highest BCUT2D eigenvalue weighted by Crippen LogP contribution is 2.24.